The average Bonchev–Trinajstić information content (AvgIpc) is 2.72. The van der Waals surface area contributed by atoms with Crippen LogP contribution >= 0.6 is 0 Å². The van der Waals surface area contributed by atoms with Crippen LogP contribution in [-0.4, -0.2) is 58.8 Å². The minimum atomic E-state index is -3.65. The quantitative estimate of drug-likeness (QED) is 0.621. The highest BCUT2D eigenvalue weighted by Crippen LogP contribution is 2.19. The number of amides is 2. The van der Waals surface area contributed by atoms with Gasteiger partial charge in [-0.2, -0.15) is 0 Å². The maximum Gasteiger partial charge on any atom is 0.251 e. The van der Waals surface area contributed by atoms with Crippen molar-refractivity contribution in [1.82, 2.24) is 14.9 Å². The Morgan fingerprint density at radius 1 is 1.07 bits per heavy atom. The largest absolute Gasteiger partial charge is 0.496 e. The molecule has 8 nitrogen and oxygen atoms in total. The summed E-state index contributed by atoms with van der Waals surface area (Å²) in [4.78, 5) is 24.4. The number of nitrogens with one attached hydrogen (secondary N) is 2. The summed E-state index contributed by atoms with van der Waals surface area (Å²) in [5.41, 5.74) is 2.25. The molecular formula is C21H27N3O5S. The third-order valence-corrected chi connectivity index (χ3v) is 6.25. The third-order valence-electron chi connectivity index (χ3n) is 4.44. The van der Waals surface area contributed by atoms with Gasteiger partial charge in [0.15, 0.2) is 0 Å². The second-order valence-corrected chi connectivity index (χ2v) is 9.07. The van der Waals surface area contributed by atoms with Crippen LogP contribution in [0.1, 0.15) is 21.5 Å². The molecule has 162 valence electrons. The average molecular weight is 434 g/mol. The lowest BCUT2D eigenvalue weighted by Gasteiger charge is -2.12. The van der Waals surface area contributed by atoms with Crippen LogP contribution in [-0.2, 0) is 21.2 Å². The van der Waals surface area contributed by atoms with Crippen LogP contribution in [0.25, 0.3) is 0 Å². The molecule has 2 aromatic rings. The Labute approximate surface area is 177 Å². The van der Waals surface area contributed by atoms with E-state index in [1.54, 1.807) is 7.11 Å². The van der Waals surface area contributed by atoms with E-state index in [0.29, 0.717) is 13.0 Å². The summed E-state index contributed by atoms with van der Waals surface area (Å²) in [6.07, 6.45) is 0.592. The van der Waals surface area contributed by atoms with Crippen LogP contribution in [0.4, 0.5) is 0 Å². The van der Waals surface area contributed by atoms with Crippen LogP contribution in [0, 0.1) is 6.92 Å². The highest BCUT2D eigenvalue weighted by Gasteiger charge is 2.19. The van der Waals surface area contributed by atoms with Crippen LogP contribution in [0.5, 0.6) is 5.75 Å². The summed E-state index contributed by atoms with van der Waals surface area (Å²) < 4.78 is 30.8. The molecule has 0 saturated heterocycles. The molecule has 0 atom stereocenters. The number of aryl methyl sites for hydroxylation is 1. The summed E-state index contributed by atoms with van der Waals surface area (Å²) >= 11 is 0. The van der Waals surface area contributed by atoms with E-state index in [-0.39, 0.29) is 22.9 Å². The number of carbonyl (C=O) groups excluding carboxylic acids is 2. The number of ether oxygens (including phenoxy) is 1. The molecule has 0 aliphatic carbocycles. The Kier molecular flexibility index (Phi) is 7.96. The molecule has 0 bridgehead atoms. The standard InChI is InChI=1S/C21H27N3O5S/c1-15-8-9-19(29-4)16(12-15)10-11-22-20(25)14-23-21(26)17-6-5-7-18(13-17)30(27,28)24(2)3/h5-9,12-13H,10-11,14H2,1-4H3,(H,22,25)(H,23,26). The first-order valence-electron chi connectivity index (χ1n) is 9.36. The van der Waals surface area contributed by atoms with Gasteiger partial charge in [-0.1, -0.05) is 23.8 Å². The molecule has 2 amide bonds. The smallest absolute Gasteiger partial charge is 0.251 e. The van der Waals surface area contributed by atoms with Crippen molar-refractivity contribution in [3.8, 4) is 5.75 Å². The molecule has 0 radical (unpaired) electrons. The monoisotopic (exact) mass is 433 g/mol. The van der Waals surface area contributed by atoms with E-state index in [0.717, 1.165) is 21.2 Å². The first-order chi connectivity index (χ1) is 14.1. The lowest BCUT2D eigenvalue weighted by molar-refractivity contribution is -0.120. The number of hydrogen-bond donors (Lipinski definition) is 2. The molecule has 30 heavy (non-hydrogen) atoms. The van der Waals surface area contributed by atoms with E-state index in [1.165, 1.54) is 38.4 Å². The normalized spacial score (nSPS) is 11.2. The fraction of sp³-hybridized carbons (Fsp3) is 0.333. The van der Waals surface area contributed by atoms with Crippen molar-refractivity contribution in [3.05, 3.63) is 59.2 Å². The molecule has 2 aromatic carbocycles. The topological polar surface area (TPSA) is 105 Å². The van der Waals surface area contributed by atoms with Crippen molar-refractivity contribution in [3.63, 3.8) is 0 Å². The fourth-order valence-electron chi connectivity index (χ4n) is 2.77. The lowest BCUT2D eigenvalue weighted by Crippen LogP contribution is -2.37. The van der Waals surface area contributed by atoms with Gasteiger partial charge in [0.25, 0.3) is 5.91 Å². The van der Waals surface area contributed by atoms with Crippen LogP contribution < -0.4 is 15.4 Å². The number of rotatable bonds is 9. The van der Waals surface area contributed by atoms with E-state index in [2.05, 4.69) is 10.6 Å². The predicted molar refractivity (Wildman–Crippen MR) is 114 cm³/mol. The number of sulfonamides is 1. The van der Waals surface area contributed by atoms with E-state index in [9.17, 15) is 18.0 Å². The van der Waals surface area contributed by atoms with Crippen molar-refractivity contribution < 1.29 is 22.7 Å². The number of carbonyl (C=O) groups is 2. The van der Waals surface area contributed by atoms with Gasteiger partial charge in [-0.15, -0.1) is 0 Å². The van der Waals surface area contributed by atoms with Gasteiger partial charge in [0.05, 0.1) is 18.6 Å². The molecule has 0 spiro atoms. The van der Waals surface area contributed by atoms with Gasteiger partial charge >= 0.3 is 0 Å². The van der Waals surface area contributed by atoms with Gasteiger partial charge in [-0.3, -0.25) is 9.59 Å². The SMILES string of the molecule is COc1ccc(C)cc1CCNC(=O)CNC(=O)c1cccc(S(=O)(=O)N(C)C)c1. The zero-order valence-electron chi connectivity index (χ0n) is 17.6. The van der Waals surface area contributed by atoms with Gasteiger partial charge in [-0.05, 0) is 43.2 Å². The molecular weight excluding hydrogens is 406 g/mol. The Balaban J connectivity index is 1.88. The van der Waals surface area contributed by atoms with Crippen LogP contribution in [0.2, 0.25) is 0 Å². The summed E-state index contributed by atoms with van der Waals surface area (Å²) in [5, 5.41) is 5.25. The van der Waals surface area contributed by atoms with Crippen LogP contribution in [0.3, 0.4) is 0 Å². The minimum Gasteiger partial charge on any atom is -0.496 e. The van der Waals surface area contributed by atoms with Crippen molar-refractivity contribution in [2.75, 3.05) is 34.3 Å². The van der Waals surface area contributed by atoms with E-state index < -0.39 is 15.9 Å². The number of methoxy groups -OCH3 is 1. The van der Waals surface area contributed by atoms with Crippen molar-refractivity contribution in [2.24, 2.45) is 0 Å². The fourth-order valence-corrected chi connectivity index (χ4v) is 3.72. The molecule has 0 heterocycles. The van der Waals surface area contributed by atoms with Gasteiger partial charge in [0.2, 0.25) is 15.9 Å². The Morgan fingerprint density at radius 2 is 1.80 bits per heavy atom. The van der Waals surface area contributed by atoms with Crippen molar-refractivity contribution in [1.29, 1.82) is 0 Å². The van der Waals surface area contributed by atoms with Gasteiger partial charge in [-0.25, -0.2) is 12.7 Å². The second-order valence-electron chi connectivity index (χ2n) is 6.91. The van der Waals surface area contributed by atoms with Gasteiger partial charge < -0.3 is 15.4 Å². The molecule has 0 unspecified atom stereocenters. The Bertz CT molecular complexity index is 1020. The van der Waals surface area contributed by atoms with Gasteiger partial charge in [0.1, 0.15) is 5.75 Å². The highest BCUT2D eigenvalue weighted by molar-refractivity contribution is 7.89. The molecule has 9 heteroatoms. The zero-order chi connectivity index (χ0) is 22.3. The summed E-state index contributed by atoms with van der Waals surface area (Å²) in [6, 6.07) is 11.5. The minimum absolute atomic E-state index is 0.0108. The zero-order valence-corrected chi connectivity index (χ0v) is 18.4. The Morgan fingerprint density at radius 3 is 2.47 bits per heavy atom. The highest BCUT2D eigenvalue weighted by atomic mass is 32.2. The number of hydrogen-bond acceptors (Lipinski definition) is 5. The summed E-state index contributed by atoms with van der Waals surface area (Å²) in [5.74, 6) is -0.107. The van der Waals surface area contributed by atoms with E-state index in [4.69, 9.17) is 4.74 Å². The first kappa shape index (κ1) is 23.4. The molecule has 0 aromatic heterocycles. The molecule has 0 fully saturated rings. The summed E-state index contributed by atoms with van der Waals surface area (Å²) in [7, 11) is 0.781. The Hall–Kier alpha value is -2.91. The van der Waals surface area contributed by atoms with Crippen molar-refractivity contribution >= 4 is 21.8 Å². The molecule has 0 saturated carbocycles. The second kappa shape index (κ2) is 10.2. The molecule has 2 rings (SSSR count). The first-order valence-corrected chi connectivity index (χ1v) is 10.8. The van der Waals surface area contributed by atoms with E-state index >= 15 is 0 Å². The molecule has 2 N–H and O–H groups in total. The number of nitrogens with zero attached hydrogens (tertiary/aromatic N) is 1. The lowest BCUT2D eigenvalue weighted by atomic mass is 10.1. The van der Waals surface area contributed by atoms with Gasteiger partial charge in [0, 0.05) is 26.2 Å². The van der Waals surface area contributed by atoms with Crippen molar-refractivity contribution in [2.45, 2.75) is 18.2 Å². The predicted octanol–water partition coefficient (Wildman–Crippen LogP) is 1.34. The van der Waals surface area contributed by atoms with Crippen LogP contribution in [0.15, 0.2) is 47.4 Å². The number of benzene rings is 2. The maximum atomic E-state index is 12.3. The van der Waals surface area contributed by atoms with E-state index in [1.807, 2.05) is 25.1 Å². The molecule has 0 aliphatic rings. The summed E-state index contributed by atoms with van der Waals surface area (Å²) in [6.45, 7) is 2.16. The maximum absolute atomic E-state index is 12.3. The third kappa shape index (κ3) is 6.04. The molecule has 0 aliphatic heterocycles.